The van der Waals surface area contributed by atoms with E-state index in [2.05, 4.69) is 47.9 Å². The Labute approximate surface area is 194 Å². The molecule has 5 nitrogen and oxygen atoms in total. The number of aromatic nitrogens is 2. The van der Waals surface area contributed by atoms with Crippen LogP contribution in [0.4, 0.5) is 4.39 Å². The van der Waals surface area contributed by atoms with Crippen molar-refractivity contribution in [2.75, 3.05) is 12.3 Å². The number of benzene rings is 3. The van der Waals surface area contributed by atoms with Crippen molar-refractivity contribution in [3.8, 4) is 5.69 Å². The molecule has 0 bridgehead atoms. The Bertz CT molecular complexity index is 1350. The summed E-state index contributed by atoms with van der Waals surface area (Å²) in [4.78, 5) is 0. The molecule has 0 spiro atoms. The number of hydrogen-bond donors (Lipinski definition) is 1. The molecule has 1 N–H and O–H groups in total. The van der Waals surface area contributed by atoms with Gasteiger partial charge < -0.3 is 0 Å². The summed E-state index contributed by atoms with van der Waals surface area (Å²) in [6.07, 6.45) is 1.80. The van der Waals surface area contributed by atoms with E-state index in [0.29, 0.717) is 6.54 Å². The first-order valence-electron chi connectivity index (χ1n) is 11.0. The first kappa shape index (κ1) is 23.1. The molecule has 1 atom stereocenters. The zero-order valence-corrected chi connectivity index (χ0v) is 19.8. The van der Waals surface area contributed by atoms with Crippen LogP contribution in [0.3, 0.4) is 0 Å². The van der Waals surface area contributed by atoms with E-state index in [-0.39, 0.29) is 17.5 Å². The van der Waals surface area contributed by atoms with Gasteiger partial charge in [0.2, 0.25) is 10.0 Å². The Kier molecular flexibility index (Phi) is 6.36. The lowest BCUT2D eigenvalue weighted by Gasteiger charge is -2.35. The number of rotatable bonds is 8. The van der Waals surface area contributed by atoms with Gasteiger partial charge in [0.1, 0.15) is 5.82 Å². The zero-order valence-electron chi connectivity index (χ0n) is 19.0. The van der Waals surface area contributed by atoms with Gasteiger partial charge in [0.05, 0.1) is 23.2 Å². The lowest BCUT2D eigenvalue weighted by atomic mass is 9.71. The van der Waals surface area contributed by atoms with Crippen molar-refractivity contribution in [2.24, 2.45) is 5.41 Å². The molecule has 33 heavy (non-hydrogen) atoms. The first-order valence-corrected chi connectivity index (χ1v) is 12.6. The number of nitrogens with one attached hydrogen (secondary N) is 1. The Hall–Kier alpha value is -3.03. The van der Waals surface area contributed by atoms with Gasteiger partial charge in [0, 0.05) is 17.8 Å². The molecule has 1 aromatic heterocycles. The van der Waals surface area contributed by atoms with E-state index in [1.165, 1.54) is 12.1 Å². The molecule has 4 aromatic rings. The molecular weight excluding hydrogens is 437 g/mol. The quantitative estimate of drug-likeness (QED) is 0.386. The third-order valence-corrected chi connectivity index (χ3v) is 7.38. The van der Waals surface area contributed by atoms with Gasteiger partial charge in [-0.15, -0.1) is 0 Å². The van der Waals surface area contributed by atoms with Crippen LogP contribution >= 0.6 is 0 Å². The average molecular weight is 466 g/mol. The van der Waals surface area contributed by atoms with Gasteiger partial charge in [-0.05, 0) is 59.9 Å². The van der Waals surface area contributed by atoms with Crippen LogP contribution in [0.15, 0.2) is 79.0 Å². The summed E-state index contributed by atoms with van der Waals surface area (Å²) in [6, 6.07) is 22.6. The van der Waals surface area contributed by atoms with Crippen LogP contribution in [0.5, 0.6) is 0 Å². The van der Waals surface area contributed by atoms with E-state index < -0.39 is 15.4 Å². The lowest BCUT2D eigenvalue weighted by molar-refractivity contribution is 0.317. The van der Waals surface area contributed by atoms with Gasteiger partial charge in [-0.25, -0.2) is 22.2 Å². The Balaban J connectivity index is 1.75. The fraction of sp³-hybridized carbons (Fsp3) is 0.269. The van der Waals surface area contributed by atoms with Crippen LogP contribution in [-0.2, 0) is 10.0 Å². The highest BCUT2D eigenvalue weighted by atomic mass is 32.2. The predicted octanol–water partition coefficient (Wildman–Crippen LogP) is 5.26. The second kappa shape index (κ2) is 9.08. The summed E-state index contributed by atoms with van der Waals surface area (Å²) >= 11 is 0. The van der Waals surface area contributed by atoms with E-state index in [1.54, 1.807) is 29.9 Å². The number of sulfonamides is 1. The molecule has 0 radical (unpaired) electrons. The topological polar surface area (TPSA) is 64.0 Å². The highest BCUT2D eigenvalue weighted by molar-refractivity contribution is 7.89. The fourth-order valence-corrected chi connectivity index (χ4v) is 5.06. The smallest absolute Gasteiger partial charge is 0.211 e. The number of fused-ring (bicyclic) bond motifs is 1. The van der Waals surface area contributed by atoms with E-state index in [9.17, 15) is 12.8 Å². The second-order valence-electron chi connectivity index (χ2n) is 8.91. The number of hydrogen-bond acceptors (Lipinski definition) is 3. The summed E-state index contributed by atoms with van der Waals surface area (Å²) < 4.78 is 42.2. The summed E-state index contributed by atoms with van der Waals surface area (Å²) in [7, 11) is -3.31. The highest BCUT2D eigenvalue weighted by Crippen LogP contribution is 2.41. The fourth-order valence-electron chi connectivity index (χ4n) is 4.26. The molecule has 0 aliphatic heterocycles. The first-order chi connectivity index (χ1) is 15.7. The van der Waals surface area contributed by atoms with Crippen LogP contribution < -0.4 is 4.72 Å². The van der Waals surface area contributed by atoms with Crippen molar-refractivity contribution in [3.63, 3.8) is 0 Å². The molecule has 4 rings (SSSR count). The van der Waals surface area contributed by atoms with Crippen LogP contribution in [0.1, 0.15) is 37.8 Å². The van der Waals surface area contributed by atoms with Crippen molar-refractivity contribution >= 4 is 20.9 Å². The Morgan fingerprint density at radius 2 is 1.70 bits per heavy atom. The van der Waals surface area contributed by atoms with Crippen molar-refractivity contribution in [2.45, 2.75) is 26.7 Å². The van der Waals surface area contributed by atoms with Crippen LogP contribution in [0, 0.1) is 11.2 Å². The minimum atomic E-state index is -3.31. The van der Waals surface area contributed by atoms with Crippen molar-refractivity contribution < 1.29 is 12.8 Å². The Morgan fingerprint density at radius 3 is 2.36 bits per heavy atom. The summed E-state index contributed by atoms with van der Waals surface area (Å²) in [6.45, 7) is 6.11. The van der Waals surface area contributed by atoms with Crippen LogP contribution in [-0.4, -0.2) is 30.5 Å². The number of nitrogens with zero attached hydrogens (tertiary/aromatic N) is 2. The SMILES string of the molecule is CCS(=O)(=O)NCC(C)(C)C(c1ccccc1)c1ccc2c(cnn2-c2ccc(F)cc2)c1. The summed E-state index contributed by atoms with van der Waals surface area (Å²) in [5.74, 6) is -0.283. The van der Waals surface area contributed by atoms with E-state index >= 15 is 0 Å². The molecular formula is C26H28FN3O2S. The third-order valence-electron chi connectivity index (χ3n) is 6.04. The summed E-state index contributed by atoms with van der Waals surface area (Å²) in [5, 5.41) is 5.47. The molecule has 172 valence electrons. The molecule has 1 heterocycles. The molecule has 0 saturated carbocycles. The van der Waals surface area contributed by atoms with Gasteiger partial charge in [-0.3, -0.25) is 0 Å². The second-order valence-corrected chi connectivity index (χ2v) is 11.0. The average Bonchev–Trinajstić information content (AvgIpc) is 3.22. The maximum atomic E-state index is 13.3. The maximum absolute atomic E-state index is 13.3. The molecule has 0 amide bonds. The largest absolute Gasteiger partial charge is 0.233 e. The monoisotopic (exact) mass is 465 g/mol. The molecule has 7 heteroatoms. The lowest BCUT2D eigenvalue weighted by Crippen LogP contribution is -2.38. The van der Waals surface area contributed by atoms with Crippen molar-refractivity contribution in [1.82, 2.24) is 14.5 Å². The summed E-state index contributed by atoms with van der Waals surface area (Å²) in [5.41, 5.74) is 3.50. The number of halogens is 1. The van der Waals surface area contributed by atoms with Crippen LogP contribution in [0.25, 0.3) is 16.6 Å². The van der Waals surface area contributed by atoms with E-state index in [1.807, 2.05) is 24.3 Å². The molecule has 3 aromatic carbocycles. The van der Waals surface area contributed by atoms with Gasteiger partial charge in [0.25, 0.3) is 0 Å². The maximum Gasteiger partial charge on any atom is 0.211 e. The highest BCUT2D eigenvalue weighted by Gasteiger charge is 2.33. The van der Waals surface area contributed by atoms with Crippen molar-refractivity contribution in [3.05, 3.63) is 95.9 Å². The van der Waals surface area contributed by atoms with E-state index in [0.717, 1.165) is 27.7 Å². The van der Waals surface area contributed by atoms with Gasteiger partial charge >= 0.3 is 0 Å². The normalized spacial score (nSPS) is 13.3. The molecule has 1 unspecified atom stereocenters. The van der Waals surface area contributed by atoms with Crippen molar-refractivity contribution in [1.29, 1.82) is 0 Å². The minimum Gasteiger partial charge on any atom is -0.233 e. The molecule has 0 saturated heterocycles. The Morgan fingerprint density at radius 1 is 1.00 bits per heavy atom. The third kappa shape index (κ3) is 4.99. The minimum absolute atomic E-state index is 0.0446. The van der Waals surface area contributed by atoms with Gasteiger partial charge in [-0.2, -0.15) is 5.10 Å². The molecule has 0 fully saturated rings. The van der Waals surface area contributed by atoms with E-state index in [4.69, 9.17) is 0 Å². The van der Waals surface area contributed by atoms with Gasteiger partial charge in [-0.1, -0.05) is 50.2 Å². The zero-order chi connectivity index (χ0) is 23.6. The van der Waals surface area contributed by atoms with Gasteiger partial charge in [0.15, 0.2) is 0 Å². The predicted molar refractivity (Wildman–Crippen MR) is 131 cm³/mol. The standard InChI is InChI=1S/C26H28FN3O2S/c1-4-33(31,32)29-18-26(2,3)25(19-8-6-5-7-9-19)20-10-15-24-21(16-20)17-28-30(24)23-13-11-22(27)12-14-23/h5-17,25,29H,4,18H2,1-3H3. The molecule has 0 aliphatic carbocycles. The molecule has 0 aliphatic rings. The van der Waals surface area contributed by atoms with Crippen LogP contribution in [0.2, 0.25) is 0 Å².